The fourth-order valence-electron chi connectivity index (χ4n) is 0.760. The van der Waals surface area contributed by atoms with Crippen LogP contribution in [0.3, 0.4) is 0 Å². The monoisotopic (exact) mass is 320 g/mol. The van der Waals surface area contributed by atoms with E-state index in [4.69, 9.17) is 15.9 Å². The van der Waals surface area contributed by atoms with Gasteiger partial charge >= 0.3 is 11.9 Å². The first-order valence-electron chi connectivity index (χ1n) is 6.57. The second-order valence-corrected chi connectivity index (χ2v) is 4.72. The van der Waals surface area contributed by atoms with Gasteiger partial charge < -0.3 is 26.0 Å². The molecule has 0 bridgehead atoms. The zero-order chi connectivity index (χ0) is 18.0. The van der Waals surface area contributed by atoms with Gasteiger partial charge in [0.15, 0.2) is 11.9 Å². The number of carboxylic acid groups (broad SMARTS) is 1. The van der Waals surface area contributed by atoms with Crippen molar-refractivity contribution in [2.24, 2.45) is 5.73 Å². The van der Waals surface area contributed by atoms with Crippen LogP contribution in [0, 0.1) is 0 Å². The lowest BCUT2D eigenvalue weighted by Gasteiger charge is -2.11. The van der Waals surface area contributed by atoms with Crippen LogP contribution >= 0.6 is 0 Å². The second-order valence-electron chi connectivity index (χ2n) is 4.72. The highest BCUT2D eigenvalue weighted by atomic mass is 16.5. The van der Waals surface area contributed by atoms with Crippen LogP contribution in [0.4, 0.5) is 0 Å². The molecule has 0 fully saturated rings. The maximum Gasteiger partial charge on any atom is 0.325 e. The van der Waals surface area contributed by atoms with E-state index >= 15 is 0 Å². The Morgan fingerprint density at radius 3 is 1.82 bits per heavy atom. The van der Waals surface area contributed by atoms with Gasteiger partial charge in [-0.25, -0.2) is 0 Å². The van der Waals surface area contributed by atoms with Crippen molar-refractivity contribution in [3.8, 4) is 0 Å². The molecule has 0 radical (unpaired) electrons. The van der Waals surface area contributed by atoms with Gasteiger partial charge in [0.1, 0.15) is 18.2 Å². The van der Waals surface area contributed by atoms with Gasteiger partial charge in [-0.15, -0.1) is 0 Å². The molecule has 0 saturated heterocycles. The summed E-state index contributed by atoms with van der Waals surface area (Å²) in [5, 5.41) is 19.1. The number of esters is 1. The summed E-state index contributed by atoms with van der Waals surface area (Å²) in [6, 6.07) is -1.63. The molecule has 4 unspecified atom stereocenters. The quantitative estimate of drug-likeness (QED) is 0.445. The van der Waals surface area contributed by atoms with Gasteiger partial charge in [0.2, 0.25) is 5.91 Å². The zero-order valence-electron chi connectivity index (χ0n) is 13.3. The number of carbonyl (C=O) groups is 4. The molecule has 0 saturated carbocycles. The van der Waals surface area contributed by atoms with Gasteiger partial charge in [-0.3, -0.25) is 19.2 Å². The number of amides is 1. The molecule has 5 N–H and O–H groups in total. The first-order valence-corrected chi connectivity index (χ1v) is 6.57. The van der Waals surface area contributed by atoms with Gasteiger partial charge in [0.05, 0.1) is 0 Å². The Labute approximate surface area is 128 Å². The molecule has 128 valence electrons. The molecule has 4 atom stereocenters. The lowest BCUT2D eigenvalue weighted by molar-refractivity contribution is -0.154. The molecule has 0 heterocycles. The Morgan fingerprint density at radius 2 is 1.55 bits per heavy atom. The van der Waals surface area contributed by atoms with E-state index < -0.39 is 42.1 Å². The highest BCUT2D eigenvalue weighted by Gasteiger charge is 2.17. The van der Waals surface area contributed by atoms with Crippen LogP contribution in [0.25, 0.3) is 0 Å². The third-order valence-corrected chi connectivity index (χ3v) is 2.35. The van der Waals surface area contributed by atoms with Crippen LogP contribution in [0.5, 0.6) is 0 Å². The van der Waals surface area contributed by atoms with Crippen molar-refractivity contribution in [2.75, 3.05) is 0 Å². The molecule has 0 aromatic heterocycles. The van der Waals surface area contributed by atoms with E-state index in [2.05, 4.69) is 10.1 Å². The molecular weight excluding hydrogens is 296 g/mol. The summed E-state index contributed by atoms with van der Waals surface area (Å²) in [7, 11) is 0. The van der Waals surface area contributed by atoms with Crippen molar-refractivity contribution in [2.45, 2.75) is 58.9 Å². The summed E-state index contributed by atoms with van der Waals surface area (Å²) in [6.07, 6.45) is -1.86. The summed E-state index contributed by atoms with van der Waals surface area (Å²) in [5.74, 6) is -2.54. The van der Waals surface area contributed by atoms with E-state index in [1.165, 1.54) is 34.6 Å². The van der Waals surface area contributed by atoms with Crippen molar-refractivity contribution in [3.63, 3.8) is 0 Å². The average Bonchev–Trinajstić information content (AvgIpc) is 2.38. The summed E-state index contributed by atoms with van der Waals surface area (Å²) in [5.41, 5.74) is 5.20. The van der Waals surface area contributed by atoms with Crippen LogP contribution in [0.1, 0.15) is 34.6 Å². The fraction of sp³-hybridized carbons (Fsp3) is 0.692. The molecule has 1 amide bonds. The number of Topliss-reactive ketones (excluding diaryl/α,β-unsaturated/α-hetero) is 1. The number of aliphatic carboxylic acids is 1. The minimum absolute atomic E-state index is 0.181. The lowest BCUT2D eigenvalue weighted by atomic mass is 10.3. The van der Waals surface area contributed by atoms with Crippen molar-refractivity contribution in [3.05, 3.63) is 0 Å². The van der Waals surface area contributed by atoms with Gasteiger partial charge in [-0.2, -0.15) is 0 Å². The third kappa shape index (κ3) is 10.7. The van der Waals surface area contributed by atoms with E-state index in [9.17, 15) is 19.2 Å². The maximum absolute atomic E-state index is 10.8. The molecule has 22 heavy (non-hydrogen) atoms. The lowest BCUT2D eigenvalue weighted by Crippen LogP contribution is -2.42. The van der Waals surface area contributed by atoms with Crippen LogP contribution in [0.15, 0.2) is 0 Å². The predicted octanol–water partition coefficient (Wildman–Crippen LogP) is -1.19. The molecule has 0 aliphatic heterocycles. The number of hydrogen-bond acceptors (Lipinski definition) is 7. The molecular formula is C13H24N2O7. The van der Waals surface area contributed by atoms with E-state index in [1.807, 2.05) is 0 Å². The molecule has 0 aromatic rings. The fourth-order valence-corrected chi connectivity index (χ4v) is 0.760. The number of carbonyl (C=O) groups excluding carboxylic acids is 3. The normalized spacial score (nSPS) is 15.2. The maximum atomic E-state index is 10.8. The average molecular weight is 320 g/mol. The number of aliphatic hydroxyl groups is 1. The largest absolute Gasteiger partial charge is 0.480 e. The predicted molar refractivity (Wildman–Crippen MR) is 76.8 cm³/mol. The van der Waals surface area contributed by atoms with E-state index in [-0.39, 0.29) is 5.78 Å². The SMILES string of the molecule is CC(=O)C(C)OC(=O)C(C)N.CC(O)C(=O)NC(C)C(=O)O. The minimum Gasteiger partial charge on any atom is -0.480 e. The second kappa shape index (κ2) is 10.7. The first-order chi connectivity index (χ1) is 9.89. The van der Waals surface area contributed by atoms with Crippen molar-refractivity contribution in [1.29, 1.82) is 0 Å². The van der Waals surface area contributed by atoms with Gasteiger partial charge in [0.25, 0.3) is 0 Å². The van der Waals surface area contributed by atoms with Crippen molar-refractivity contribution >= 4 is 23.6 Å². The van der Waals surface area contributed by atoms with Crippen LogP contribution in [-0.2, 0) is 23.9 Å². The van der Waals surface area contributed by atoms with E-state index in [0.29, 0.717) is 0 Å². The number of carboxylic acids is 1. The summed E-state index contributed by atoms with van der Waals surface area (Å²) >= 11 is 0. The number of nitrogens with one attached hydrogen (secondary N) is 1. The zero-order valence-corrected chi connectivity index (χ0v) is 13.3. The number of nitrogens with two attached hydrogens (primary N) is 1. The van der Waals surface area contributed by atoms with Crippen LogP contribution in [-0.4, -0.2) is 58.1 Å². The van der Waals surface area contributed by atoms with Crippen LogP contribution in [0.2, 0.25) is 0 Å². The smallest absolute Gasteiger partial charge is 0.325 e. The number of ketones is 1. The number of rotatable bonds is 6. The molecule has 0 aromatic carbocycles. The summed E-state index contributed by atoms with van der Waals surface area (Å²) in [6.45, 7) is 6.98. The Bertz CT molecular complexity index is 369. The van der Waals surface area contributed by atoms with Gasteiger partial charge in [-0.05, 0) is 34.6 Å². The highest BCUT2D eigenvalue weighted by molar-refractivity contribution is 5.85. The minimum atomic E-state index is -1.17. The molecule has 9 heteroatoms. The Balaban J connectivity index is 0. The molecule has 9 nitrogen and oxygen atoms in total. The molecule has 0 spiro atoms. The topological polar surface area (TPSA) is 156 Å². The van der Waals surface area contributed by atoms with Gasteiger partial charge in [0, 0.05) is 0 Å². The van der Waals surface area contributed by atoms with E-state index in [1.54, 1.807) is 0 Å². The van der Waals surface area contributed by atoms with E-state index in [0.717, 1.165) is 0 Å². The van der Waals surface area contributed by atoms with Gasteiger partial charge in [-0.1, -0.05) is 0 Å². The number of ether oxygens (including phenoxy) is 1. The number of hydrogen-bond donors (Lipinski definition) is 4. The first kappa shape index (κ1) is 22.3. The third-order valence-electron chi connectivity index (χ3n) is 2.35. The highest BCUT2D eigenvalue weighted by Crippen LogP contribution is 1.94. The van der Waals surface area contributed by atoms with Crippen molar-refractivity contribution in [1.82, 2.24) is 5.32 Å². The molecule has 0 rings (SSSR count). The Kier molecular flexibility index (Phi) is 10.8. The Morgan fingerprint density at radius 1 is 1.09 bits per heavy atom. The standard InChI is InChI=1S/C7H13NO3.C6H11NO4/c1-4(8)7(10)11-6(3)5(2)9;1-3(6(10)11)7-5(9)4(2)8/h4,6H,8H2,1-3H3;3-4,8H,1-2H3,(H,7,9)(H,10,11). The summed E-state index contributed by atoms with van der Waals surface area (Å²) in [4.78, 5) is 42.1. The molecule has 0 aliphatic carbocycles. The summed E-state index contributed by atoms with van der Waals surface area (Å²) < 4.78 is 4.66. The van der Waals surface area contributed by atoms with Crippen molar-refractivity contribution < 1.29 is 34.1 Å². The van der Waals surface area contributed by atoms with Crippen LogP contribution < -0.4 is 11.1 Å². The molecule has 0 aliphatic rings. The Hall–Kier alpha value is -2.00. The number of aliphatic hydroxyl groups excluding tert-OH is 1.